The molecule has 0 radical (unpaired) electrons. The average molecular weight is 593 g/mol. The predicted molar refractivity (Wildman–Crippen MR) is 150 cm³/mol. The van der Waals surface area contributed by atoms with Crippen molar-refractivity contribution >= 4 is 50.5 Å². The molecule has 4 aromatic rings. The quantitative estimate of drug-likeness (QED) is 0.197. The van der Waals surface area contributed by atoms with E-state index in [0.717, 1.165) is 11.3 Å². The molecular weight excluding hydrogens is 571 g/mol. The highest BCUT2D eigenvalue weighted by atomic mass is 79.9. The molecule has 9 heteroatoms. The second-order valence-electron chi connectivity index (χ2n) is 8.23. The van der Waals surface area contributed by atoms with Crippen LogP contribution in [0, 0.1) is 5.82 Å². The summed E-state index contributed by atoms with van der Waals surface area (Å²) in [5, 5.41) is 0.555. The number of carbonyl (C=O) groups excluding carboxylic acids is 1. The molecule has 1 aromatic heterocycles. The van der Waals surface area contributed by atoms with Crippen molar-refractivity contribution in [1.29, 1.82) is 0 Å². The van der Waals surface area contributed by atoms with Crippen molar-refractivity contribution in [2.75, 3.05) is 7.11 Å². The molecular formula is C29H22BrFN2O4S. The van der Waals surface area contributed by atoms with Gasteiger partial charge in [0.1, 0.15) is 18.2 Å². The molecule has 1 aliphatic heterocycles. The normalized spacial score (nSPS) is 15.4. The van der Waals surface area contributed by atoms with Crippen LogP contribution in [0.4, 0.5) is 10.1 Å². The number of furan rings is 1. The van der Waals surface area contributed by atoms with Gasteiger partial charge in [0, 0.05) is 5.56 Å². The fraction of sp³-hybridized carbons (Fsp3) is 0.103. The van der Waals surface area contributed by atoms with Crippen molar-refractivity contribution in [3.05, 3.63) is 117 Å². The summed E-state index contributed by atoms with van der Waals surface area (Å²) in [5.74, 6) is 1.02. The minimum atomic E-state index is -0.340. The summed E-state index contributed by atoms with van der Waals surface area (Å²) in [6, 6.07) is 23.1. The summed E-state index contributed by atoms with van der Waals surface area (Å²) < 4.78 is 31.6. The van der Waals surface area contributed by atoms with Crippen LogP contribution in [0.25, 0.3) is 6.08 Å². The van der Waals surface area contributed by atoms with Gasteiger partial charge in [-0.1, -0.05) is 36.4 Å². The van der Waals surface area contributed by atoms with E-state index in [2.05, 4.69) is 15.9 Å². The maximum atomic E-state index is 14.0. The molecule has 1 fully saturated rings. The van der Waals surface area contributed by atoms with Crippen LogP contribution in [0.2, 0.25) is 0 Å². The van der Waals surface area contributed by atoms with Gasteiger partial charge in [-0.15, -0.1) is 0 Å². The molecule has 3 aromatic carbocycles. The SMILES string of the molecule is COc1cc(/C=C2\SC(=Nc3ccccc3)N(Cc3ccco3)C2=O)cc(Br)c1OCc1ccccc1F. The molecule has 0 N–H and O–H groups in total. The Hall–Kier alpha value is -3.82. The molecule has 1 aliphatic rings. The molecule has 5 rings (SSSR count). The van der Waals surface area contributed by atoms with Gasteiger partial charge in [-0.3, -0.25) is 9.69 Å². The lowest BCUT2D eigenvalue weighted by atomic mass is 10.1. The first-order valence-corrected chi connectivity index (χ1v) is 13.2. The second-order valence-corrected chi connectivity index (χ2v) is 10.1. The summed E-state index contributed by atoms with van der Waals surface area (Å²) >= 11 is 4.82. The Kier molecular flexibility index (Phi) is 7.95. The molecule has 1 saturated heterocycles. The Morgan fingerprint density at radius 2 is 1.87 bits per heavy atom. The Morgan fingerprint density at radius 1 is 1.08 bits per heavy atom. The van der Waals surface area contributed by atoms with Gasteiger partial charge in [0.2, 0.25) is 0 Å². The standard InChI is InChI=1S/C29H22BrFN2O4S/c1-35-25-15-19(14-23(30)27(25)37-18-20-8-5-6-12-24(20)31)16-26-28(34)33(17-22-11-7-13-36-22)29(38-26)32-21-9-3-2-4-10-21/h2-16H,17-18H2,1H3/b26-16-,32-29?. The number of para-hydroxylation sites is 1. The molecule has 192 valence electrons. The van der Waals surface area contributed by atoms with E-state index in [1.807, 2.05) is 42.5 Å². The average Bonchev–Trinajstić information content (AvgIpc) is 3.53. The van der Waals surface area contributed by atoms with E-state index in [0.29, 0.717) is 37.4 Å². The molecule has 0 bridgehead atoms. The minimum absolute atomic E-state index is 0.0391. The number of halogens is 2. The fourth-order valence-corrected chi connectivity index (χ4v) is 5.35. The molecule has 0 atom stereocenters. The zero-order valence-electron chi connectivity index (χ0n) is 20.3. The first-order valence-electron chi connectivity index (χ1n) is 11.6. The first kappa shape index (κ1) is 25.8. The highest BCUT2D eigenvalue weighted by Crippen LogP contribution is 2.40. The Morgan fingerprint density at radius 3 is 2.61 bits per heavy atom. The highest BCUT2D eigenvalue weighted by molar-refractivity contribution is 9.10. The Balaban J connectivity index is 1.43. The fourth-order valence-electron chi connectivity index (χ4n) is 3.78. The van der Waals surface area contributed by atoms with Gasteiger partial charge in [-0.2, -0.15) is 0 Å². The van der Waals surface area contributed by atoms with Crippen LogP contribution in [0.3, 0.4) is 0 Å². The molecule has 38 heavy (non-hydrogen) atoms. The molecule has 0 spiro atoms. The highest BCUT2D eigenvalue weighted by Gasteiger charge is 2.34. The van der Waals surface area contributed by atoms with E-state index in [-0.39, 0.29) is 24.9 Å². The van der Waals surface area contributed by atoms with Crippen molar-refractivity contribution in [2.24, 2.45) is 4.99 Å². The third-order valence-electron chi connectivity index (χ3n) is 5.64. The number of hydrogen-bond acceptors (Lipinski definition) is 6. The van der Waals surface area contributed by atoms with Crippen LogP contribution in [-0.2, 0) is 17.9 Å². The monoisotopic (exact) mass is 592 g/mol. The van der Waals surface area contributed by atoms with E-state index in [1.165, 1.54) is 24.9 Å². The maximum absolute atomic E-state index is 14.0. The number of rotatable bonds is 8. The summed E-state index contributed by atoms with van der Waals surface area (Å²) in [6.07, 6.45) is 3.36. The van der Waals surface area contributed by atoms with E-state index in [4.69, 9.17) is 18.9 Å². The number of amidine groups is 1. The number of amides is 1. The Bertz CT molecular complexity index is 1510. The van der Waals surface area contributed by atoms with Gasteiger partial charge >= 0.3 is 0 Å². The van der Waals surface area contributed by atoms with Crippen LogP contribution in [0.5, 0.6) is 11.5 Å². The number of hydrogen-bond donors (Lipinski definition) is 0. The van der Waals surface area contributed by atoms with Gasteiger partial charge in [0.15, 0.2) is 16.7 Å². The van der Waals surface area contributed by atoms with Crippen molar-refractivity contribution in [1.82, 2.24) is 4.90 Å². The third-order valence-corrected chi connectivity index (χ3v) is 7.24. The van der Waals surface area contributed by atoms with Gasteiger partial charge in [0.25, 0.3) is 5.91 Å². The number of carbonyl (C=O) groups is 1. The lowest BCUT2D eigenvalue weighted by Gasteiger charge is -2.14. The smallest absolute Gasteiger partial charge is 0.267 e. The number of aliphatic imine (C=N–C) groups is 1. The van der Waals surface area contributed by atoms with Crippen molar-refractivity contribution in [3.8, 4) is 11.5 Å². The Labute approximate surface area is 231 Å². The van der Waals surface area contributed by atoms with Crippen molar-refractivity contribution in [3.63, 3.8) is 0 Å². The largest absolute Gasteiger partial charge is 0.493 e. The van der Waals surface area contributed by atoms with Crippen molar-refractivity contribution in [2.45, 2.75) is 13.2 Å². The molecule has 0 unspecified atom stereocenters. The second kappa shape index (κ2) is 11.7. The van der Waals surface area contributed by atoms with E-state index < -0.39 is 0 Å². The predicted octanol–water partition coefficient (Wildman–Crippen LogP) is 7.57. The lowest BCUT2D eigenvalue weighted by molar-refractivity contribution is -0.122. The topological polar surface area (TPSA) is 64.3 Å². The number of benzene rings is 3. The lowest BCUT2D eigenvalue weighted by Crippen LogP contribution is -2.28. The molecule has 0 aliphatic carbocycles. The minimum Gasteiger partial charge on any atom is -0.493 e. The number of ether oxygens (including phenoxy) is 2. The van der Waals surface area contributed by atoms with Gasteiger partial charge in [-0.25, -0.2) is 9.38 Å². The van der Waals surface area contributed by atoms with Crippen molar-refractivity contribution < 1.29 is 23.1 Å². The van der Waals surface area contributed by atoms with E-state index in [1.54, 1.807) is 47.6 Å². The van der Waals surface area contributed by atoms with Crippen LogP contribution in [-0.4, -0.2) is 23.1 Å². The molecule has 2 heterocycles. The number of thioether (sulfide) groups is 1. The van der Waals surface area contributed by atoms with E-state index in [9.17, 15) is 9.18 Å². The zero-order chi connectivity index (χ0) is 26.5. The first-order chi connectivity index (χ1) is 18.5. The molecule has 6 nitrogen and oxygen atoms in total. The summed E-state index contributed by atoms with van der Waals surface area (Å²) in [7, 11) is 1.53. The maximum Gasteiger partial charge on any atom is 0.267 e. The summed E-state index contributed by atoms with van der Waals surface area (Å²) in [4.78, 5) is 20.2. The summed E-state index contributed by atoms with van der Waals surface area (Å²) in [5.41, 5.74) is 1.90. The van der Waals surface area contributed by atoms with Crippen LogP contribution in [0.1, 0.15) is 16.9 Å². The van der Waals surface area contributed by atoms with Crippen LogP contribution in [0.15, 0.2) is 104 Å². The van der Waals surface area contributed by atoms with Crippen LogP contribution < -0.4 is 9.47 Å². The van der Waals surface area contributed by atoms with Crippen LogP contribution >= 0.6 is 27.7 Å². The number of nitrogens with zero attached hydrogens (tertiary/aromatic N) is 2. The van der Waals surface area contributed by atoms with Gasteiger partial charge < -0.3 is 13.9 Å². The molecule has 1 amide bonds. The van der Waals surface area contributed by atoms with Gasteiger partial charge in [0.05, 0.1) is 35.0 Å². The van der Waals surface area contributed by atoms with E-state index >= 15 is 0 Å². The molecule has 0 saturated carbocycles. The summed E-state index contributed by atoms with van der Waals surface area (Å²) in [6.45, 7) is 0.301. The zero-order valence-corrected chi connectivity index (χ0v) is 22.7. The number of methoxy groups -OCH3 is 1. The third kappa shape index (κ3) is 5.84. The van der Waals surface area contributed by atoms with Gasteiger partial charge in [-0.05, 0) is 81.8 Å².